The van der Waals surface area contributed by atoms with Crippen LogP contribution in [0.2, 0.25) is 0 Å². The molecule has 0 aliphatic heterocycles. The summed E-state index contributed by atoms with van der Waals surface area (Å²) in [5, 5.41) is 13.1. The van der Waals surface area contributed by atoms with Crippen molar-refractivity contribution in [3.05, 3.63) is 30.1 Å². The van der Waals surface area contributed by atoms with Crippen LogP contribution in [-0.2, 0) is 4.79 Å². The number of aliphatic carboxylic acids is 1. The lowest BCUT2D eigenvalue weighted by Gasteiger charge is -2.47. The van der Waals surface area contributed by atoms with Crippen molar-refractivity contribution in [1.29, 1.82) is 0 Å². The van der Waals surface area contributed by atoms with E-state index in [0.717, 1.165) is 18.5 Å². The fourth-order valence-corrected chi connectivity index (χ4v) is 3.51. The van der Waals surface area contributed by atoms with Gasteiger partial charge in [0.1, 0.15) is 0 Å². The van der Waals surface area contributed by atoms with Crippen LogP contribution in [0.3, 0.4) is 0 Å². The van der Waals surface area contributed by atoms with E-state index in [-0.39, 0.29) is 17.4 Å². The second kappa shape index (κ2) is 6.14. The first-order valence-electron chi connectivity index (χ1n) is 7.73. The van der Waals surface area contributed by atoms with Crippen LogP contribution in [0, 0.1) is 17.3 Å². The van der Waals surface area contributed by atoms with Crippen LogP contribution in [0.25, 0.3) is 0 Å². The molecule has 2 rings (SSSR count). The zero-order valence-electron chi connectivity index (χ0n) is 13.3. The van der Waals surface area contributed by atoms with Gasteiger partial charge < -0.3 is 10.4 Å². The number of carboxylic acid groups (broad SMARTS) is 1. The van der Waals surface area contributed by atoms with Gasteiger partial charge in [-0.3, -0.25) is 9.78 Å². The molecule has 4 heteroatoms. The molecule has 0 radical (unpaired) electrons. The summed E-state index contributed by atoms with van der Waals surface area (Å²) in [7, 11) is 0. The number of rotatable bonds is 4. The van der Waals surface area contributed by atoms with E-state index in [1.807, 2.05) is 24.4 Å². The van der Waals surface area contributed by atoms with Gasteiger partial charge in [0.25, 0.3) is 0 Å². The van der Waals surface area contributed by atoms with Crippen LogP contribution in [0.4, 0.5) is 0 Å². The van der Waals surface area contributed by atoms with Crippen LogP contribution in [0.1, 0.15) is 52.3 Å². The summed E-state index contributed by atoms with van der Waals surface area (Å²) in [5.74, 6) is -0.614. The first-order valence-corrected chi connectivity index (χ1v) is 7.73. The van der Waals surface area contributed by atoms with Gasteiger partial charge in [0.2, 0.25) is 0 Å². The number of aromatic nitrogens is 1. The number of nitrogens with zero attached hydrogens (tertiary/aromatic N) is 1. The highest BCUT2D eigenvalue weighted by Gasteiger charge is 2.46. The third-order valence-corrected chi connectivity index (χ3v) is 5.34. The van der Waals surface area contributed by atoms with E-state index < -0.39 is 5.97 Å². The highest BCUT2D eigenvalue weighted by Crippen LogP contribution is 2.45. The molecule has 4 unspecified atom stereocenters. The third kappa shape index (κ3) is 3.26. The summed E-state index contributed by atoms with van der Waals surface area (Å²) in [5.41, 5.74) is 0.828. The van der Waals surface area contributed by atoms with Crippen molar-refractivity contribution in [1.82, 2.24) is 10.3 Å². The topological polar surface area (TPSA) is 62.2 Å². The summed E-state index contributed by atoms with van der Waals surface area (Å²) < 4.78 is 0. The Morgan fingerprint density at radius 2 is 2.14 bits per heavy atom. The summed E-state index contributed by atoms with van der Waals surface area (Å²) in [6.07, 6.45) is 3.44. The summed E-state index contributed by atoms with van der Waals surface area (Å²) in [4.78, 5) is 15.8. The Labute approximate surface area is 127 Å². The fraction of sp³-hybridized carbons (Fsp3) is 0.647. The molecule has 2 N–H and O–H groups in total. The van der Waals surface area contributed by atoms with Crippen molar-refractivity contribution in [3.63, 3.8) is 0 Å². The minimum absolute atomic E-state index is 0.177. The first kappa shape index (κ1) is 16.0. The molecule has 1 saturated carbocycles. The van der Waals surface area contributed by atoms with Gasteiger partial charge in [-0.25, -0.2) is 0 Å². The maximum absolute atomic E-state index is 11.4. The predicted octanol–water partition coefficient (Wildman–Crippen LogP) is 3.26. The minimum atomic E-state index is -0.664. The van der Waals surface area contributed by atoms with Crippen LogP contribution in [-0.4, -0.2) is 22.1 Å². The minimum Gasteiger partial charge on any atom is -0.481 e. The maximum atomic E-state index is 11.4. The lowest BCUT2D eigenvalue weighted by molar-refractivity contribution is -0.150. The molecule has 116 valence electrons. The van der Waals surface area contributed by atoms with Crippen molar-refractivity contribution in [2.45, 2.75) is 52.6 Å². The number of pyridine rings is 1. The molecule has 1 aliphatic carbocycles. The van der Waals surface area contributed by atoms with Gasteiger partial charge in [0.05, 0.1) is 11.6 Å². The molecule has 1 heterocycles. The SMILES string of the molecule is CC(NC1CCC(C(=O)O)C(C)(C)C1C)c1ccccn1. The fourth-order valence-electron chi connectivity index (χ4n) is 3.51. The lowest BCUT2D eigenvalue weighted by atomic mass is 9.61. The molecule has 0 aromatic carbocycles. The van der Waals surface area contributed by atoms with E-state index in [4.69, 9.17) is 0 Å². The van der Waals surface area contributed by atoms with Crippen LogP contribution >= 0.6 is 0 Å². The van der Waals surface area contributed by atoms with E-state index >= 15 is 0 Å². The standard InChI is InChI=1S/C17H26N2O2/c1-11-14(9-8-13(16(20)21)17(11,3)4)19-12(2)15-7-5-6-10-18-15/h5-7,10-14,19H,8-9H2,1-4H3,(H,20,21). The van der Waals surface area contributed by atoms with Gasteiger partial charge in [-0.2, -0.15) is 0 Å². The third-order valence-electron chi connectivity index (χ3n) is 5.34. The van der Waals surface area contributed by atoms with E-state index in [9.17, 15) is 9.90 Å². The van der Waals surface area contributed by atoms with Gasteiger partial charge in [0, 0.05) is 18.3 Å². The van der Waals surface area contributed by atoms with Crippen molar-refractivity contribution in [2.75, 3.05) is 0 Å². The summed E-state index contributed by atoms with van der Waals surface area (Å²) >= 11 is 0. The zero-order valence-corrected chi connectivity index (χ0v) is 13.3. The zero-order chi connectivity index (χ0) is 15.6. The van der Waals surface area contributed by atoms with Gasteiger partial charge >= 0.3 is 5.97 Å². The van der Waals surface area contributed by atoms with Gasteiger partial charge in [0.15, 0.2) is 0 Å². The number of hydrogen-bond acceptors (Lipinski definition) is 3. The Morgan fingerprint density at radius 3 is 2.71 bits per heavy atom. The van der Waals surface area contributed by atoms with Crippen LogP contribution in [0.5, 0.6) is 0 Å². The second-order valence-corrected chi connectivity index (χ2v) is 6.83. The van der Waals surface area contributed by atoms with Crippen molar-refractivity contribution >= 4 is 5.97 Å². The second-order valence-electron chi connectivity index (χ2n) is 6.83. The maximum Gasteiger partial charge on any atom is 0.307 e. The molecule has 0 amide bonds. The van der Waals surface area contributed by atoms with Crippen LogP contribution < -0.4 is 5.32 Å². The largest absolute Gasteiger partial charge is 0.481 e. The molecule has 0 spiro atoms. The number of nitrogens with one attached hydrogen (secondary N) is 1. The molecule has 21 heavy (non-hydrogen) atoms. The average molecular weight is 290 g/mol. The molecular formula is C17H26N2O2. The van der Waals surface area contributed by atoms with Gasteiger partial charge in [-0.05, 0) is 43.2 Å². The van der Waals surface area contributed by atoms with Crippen molar-refractivity contribution < 1.29 is 9.90 Å². The van der Waals surface area contributed by atoms with Crippen LogP contribution in [0.15, 0.2) is 24.4 Å². The van der Waals surface area contributed by atoms with Gasteiger partial charge in [-0.15, -0.1) is 0 Å². The molecule has 1 aromatic rings. The smallest absolute Gasteiger partial charge is 0.307 e. The highest BCUT2D eigenvalue weighted by molar-refractivity contribution is 5.71. The molecule has 0 bridgehead atoms. The number of carbonyl (C=O) groups is 1. The number of hydrogen-bond donors (Lipinski definition) is 2. The molecule has 1 fully saturated rings. The van der Waals surface area contributed by atoms with Crippen molar-refractivity contribution in [3.8, 4) is 0 Å². The number of carboxylic acids is 1. The molecule has 0 saturated heterocycles. The Hall–Kier alpha value is -1.42. The Kier molecular flexibility index (Phi) is 4.67. The van der Waals surface area contributed by atoms with E-state index in [0.29, 0.717) is 12.0 Å². The lowest BCUT2D eigenvalue weighted by Crippen LogP contribution is -2.51. The molecule has 1 aromatic heterocycles. The Morgan fingerprint density at radius 1 is 1.43 bits per heavy atom. The summed E-state index contributed by atoms with van der Waals surface area (Å²) in [6.45, 7) is 8.44. The first-order chi connectivity index (χ1) is 9.84. The van der Waals surface area contributed by atoms with E-state index in [1.54, 1.807) is 0 Å². The van der Waals surface area contributed by atoms with E-state index in [1.165, 1.54) is 0 Å². The summed E-state index contributed by atoms with van der Waals surface area (Å²) in [6, 6.07) is 6.44. The normalized spacial score (nSPS) is 29.8. The quantitative estimate of drug-likeness (QED) is 0.893. The van der Waals surface area contributed by atoms with Gasteiger partial charge in [-0.1, -0.05) is 26.8 Å². The average Bonchev–Trinajstić information content (AvgIpc) is 2.44. The molecule has 4 atom stereocenters. The Bertz CT molecular complexity index is 487. The Balaban J connectivity index is 2.07. The molecular weight excluding hydrogens is 264 g/mol. The van der Waals surface area contributed by atoms with Crippen molar-refractivity contribution in [2.24, 2.45) is 17.3 Å². The predicted molar refractivity (Wildman–Crippen MR) is 82.9 cm³/mol. The highest BCUT2D eigenvalue weighted by atomic mass is 16.4. The molecule has 4 nitrogen and oxygen atoms in total. The molecule has 1 aliphatic rings. The van der Waals surface area contributed by atoms with E-state index in [2.05, 4.69) is 38.0 Å². The monoisotopic (exact) mass is 290 g/mol.